The van der Waals surface area contributed by atoms with Crippen molar-refractivity contribution in [3.8, 4) is 0 Å². The summed E-state index contributed by atoms with van der Waals surface area (Å²) in [5.74, 6) is 0.281. The zero-order valence-corrected chi connectivity index (χ0v) is 11.7. The molecule has 0 radical (unpaired) electrons. The molecule has 0 heterocycles. The first-order valence-electron chi connectivity index (χ1n) is 5.61. The molecular formula is C11H15NO5S2. The lowest BCUT2D eigenvalue weighted by atomic mass is 10.2. The van der Waals surface area contributed by atoms with Crippen LogP contribution in [0.3, 0.4) is 0 Å². The van der Waals surface area contributed by atoms with Crippen molar-refractivity contribution in [2.75, 3.05) is 12.3 Å². The van der Waals surface area contributed by atoms with E-state index in [1.54, 1.807) is 24.3 Å². The van der Waals surface area contributed by atoms with Gasteiger partial charge in [-0.2, -0.15) is 12.0 Å². The normalized spacial score (nSPS) is 11.2. The Bertz CT molecular complexity index is 489. The third kappa shape index (κ3) is 7.83. The van der Waals surface area contributed by atoms with Crippen LogP contribution in [0.2, 0.25) is 0 Å². The highest BCUT2D eigenvalue weighted by molar-refractivity contribution is 8.02. The maximum atomic E-state index is 11.6. The summed E-state index contributed by atoms with van der Waals surface area (Å²) in [6.45, 7) is 0.500. The summed E-state index contributed by atoms with van der Waals surface area (Å²) in [5, 5.41) is 2.75. The Morgan fingerprint density at radius 2 is 1.95 bits per heavy atom. The van der Waals surface area contributed by atoms with Crippen LogP contribution in [0.25, 0.3) is 0 Å². The molecule has 8 heteroatoms. The van der Waals surface area contributed by atoms with Crippen molar-refractivity contribution in [1.82, 2.24) is 5.32 Å². The van der Waals surface area contributed by atoms with Gasteiger partial charge in [0.1, 0.15) is 0 Å². The van der Waals surface area contributed by atoms with E-state index in [1.165, 1.54) is 0 Å². The van der Waals surface area contributed by atoms with E-state index in [9.17, 15) is 13.2 Å². The zero-order valence-electron chi connectivity index (χ0n) is 10.1. The number of nitrogens with one attached hydrogen (secondary N) is 1. The van der Waals surface area contributed by atoms with Gasteiger partial charge in [0, 0.05) is 29.9 Å². The minimum Gasteiger partial charge on any atom is -0.352 e. The van der Waals surface area contributed by atoms with Crippen molar-refractivity contribution >= 4 is 28.3 Å². The minimum atomic E-state index is -4.37. The van der Waals surface area contributed by atoms with Crippen LogP contribution in [-0.2, 0) is 14.0 Å². The van der Waals surface area contributed by atoms with Crippen molar-refractivity contribution in [3.63, 3.8) is 0 Å². The average molecular weight is 305 g/mol. The number of unbranched alkanes of at least 4 members (excludes halogenated alkanes) is 1. The summed E-state index contributed by atoms with van der Waals surface area (Å²) < 4.78 is 32.8. The quantitative estimate of drug-likeness (QED) is 0.431. The maximum absolute atomic E-state index is 11.6. The monoisotopic (exact) mass is 305 g/mol. The van der Waals surface area contributed by atoms with Crippen LogP contribution in [0.4, 0.5) is 0 Å². The first-order valence-corrected chi connectivity index (χ1v) is 7.88. The number of benzene rings is 1. The smallest absolute Gasteiger partial charge is 0.352 e. The lowest BCUT2D eigenvalue weighted by Crippen LogP contribution is -2.24. The predicted molar refractivity (Wildman–Crippen MR) is 73.1 cm³/mol. The molecule has 106 valence electrons. The van der Waals surface area contributed by atoms with E-state index in [-0.39, 0.29) is 5.91 Å². The Morgan fingerprint density at radius 3 is 2.58 bits per heavy atom. The highest BCUT2D eigenvalue weighted by Gasteiger charge is 2.05. The first-order chi connectivity index (χ1) is 8.99. The predicted octanol–water partition coefficient (Wildman–Crippen LogP) is 1.66. The highest BCUT2D eigenvalue weighted by atomic mass is 32.3. The van der Waals surface area contributed by atoms with Gasteiger partial charge >= 0.3 is 10.4 Å². The summed E-state index contributed by atoms with van der Waals surface area (Å²) in [7, 11) is -4.37. The molecule has 0 aliphatic rings. The van der Waals surface area contributed by atoms with Gasteiger partial charge in [0.2, 0.25) is 0 Å². The molecule has 0 fully saturated rings. The van der Waals surface area contributed by atoms with Gasteiger partial charge in [-0.3, -0.25) is 9.35 Å². The summed E-state index contributed by atoms with van der Waals surface area (Å²) >= 11 is 0.665. The van der Waals surface area contributed by atoms with Gasteiger partial charge in [0.25, 0.3) is 5.91 Å². The third-order valence-electron chi connectivity index (χ3n) is 2.11. The highest BCUT2D eigenvalue weighted by Crippen LogP contribution is 2.09. The molecule has 0 unspecified atom stereocenters. The second-order valence-corrected chi connectivity index (χ2v) is 5.69. The second kappa shape index (κ2) is 8.16. The molecule has 0 saturated carbocycles. The van der Waals surface area contributed by atoms with Crippen LogP contribution < -0.4 is 5.32 Å². The number of rotatable bonds is 8. The van der Waals surface area contributed by atoms with Gasteiger partial charge in [-0.25, -0.2) is 0 Å². The van der Waals surface area contributed by atoms with Crippen molar-refractivity contribution in [1.29, 1.82) is 0 Å². The first kappa shape index (κ1) is 16.0. The van der Waals surface area contributed by atoms with Gasteiger partial charge in [0.15, 0.2) is 0 Å². The molecule has 2 N–H and O–H groups in total. The van der Waals surface area contributed by atoms with Crippen molar-refractivity contribution in [3.05, 3.63) is 35.9 Å². The minimum absolute atomic E-state index is 0.137. The molecule has 1 rings (SSSR count). The van der Waals surface area contributed by atoms with E-state index < -0.39 is 10.4 Å². The third-order valence-corrected chi connectivity index (χ3v) is 3.64. The fourth-order valence-electron chi connectivity index (χ4n) is 1.27. The van der Waals surface area contributed by atoms with Crippen LogP contribution in [-0.4, -0.2) is 31.2 Å². The van der Waals surface area contributed by atoms with Gasteiger partial charge in [-0.15, -0.1) is 0 Å². The Labute approximate surface area is 116 Å². The molecule has 19 heavy (non-hydrogen) atoms. The SMILES string of the molecule is O=C(NCCCCSOS(=O)(=O)O)c1ccccc1. The number of carbonyl (C=O) groups is 1. The van der Waals surface area contributed by atoms with E-state index in [2.05, 4.69) is 8.95 Å². The van der Waals surface area contributed by atoms with Crippen molar-refractivity contribution in [2.45, 2.75) is 12.8 Å². The van der Waals surface area contributed by atoms with Crippen LogP contribution in [0.15, 0.2) is 30.3 Å². The van der Waals surface area contributed by atoms with Gasteiger partial charge in [0.05, 0.1) is 0 Å². The Balaban J connectivity index is 2.07. The summed E-state index contributed by atoms with van der Waals surface area (Å²) in [6.07, 6.45) is 1.36. The molecule has 0 saturated heterocycles. The molecule has 0 aliphatic carbocycles. The molecule has 0 atom stereocenters. The van der Waals surface area contributed by atoms with E-state index >= 15 is 0 Å². The van der Waals surface area contributed by atoms with Gasteiger partial charge < -0.3 is 5.32 Å². The fraction of sp³-hybridized carbons (Fsp3) is 0.364. The van der Waals surface area contributed by atoms with E-state index in [0.717, 1.165) is 0 Å². The molecule has 0 aliphatic heterocycles. The largest absolute Gasteiger partial charge is 0.408 e. The number of amides is 1. The van der Waals surface area contributed by atoms with Crippen LogP contribution in [0.5, 0.6) is 0 Å². The topological polar surface area (TPSA) is 92.7 Å². The number of carbonyl (C=O) groups excluding carboxylic acids is 1. The number of hydrogen-bond acceptors (Lipinski definition) is 5. The molecule has 1 aromatic carbocycles. The van der Waals surface area contributed by atoms with E-state index in [0.29, 0.717) is 42.7 Å². The molecular weight excluding hydrogens is 290 g/mol. The van der Waals surface area contributed by atoms with E-state index in [4.69, 9.17) is 4.55 Å². The fourth-order valence-corrected chi connectivity index (χ4v) is 2.35. The van der Waals surface area contributed by atoms with Gasteiger partial charge in [-0.05, 0) is 25.0 Å². The Hall–Kier alpha value is -1.09. The van der Waals surface area contributed by atoms with Gasteiger partial charge in [-0.1, -0.05) is 18.2 Å². The molecule has 0 bridgehead atoms. The second-order valence-electron chi connectivity index (χ2n) is 3.65. The molecule has 0 aromatic heterocycles. The summed E-state index contributed by atoms with van der Waals surface area (Å²) in [6, 6.07) is 8.87. The Kier molecular flexibility index (Phi) is 6.85. The van der Waals surface area contributed by atoms with E-state index in [1.807, 2.05) is 6.07 Å². The van der Waals surface area contributed by atoms with Crippen LogP contribution >= 0.6 is 12.0 Å². The zero-order chi connectivity index (χ0) is 14.1. The standard InChI is InChI=1S/C11H15NO5S2/c13-11(10-6-2-1-3-7-10)12-8-4-5-9-18-17-19(14,15)16/h1-3,6-7H,4-5,8-9H2,(H,12,13)(H,14,15,16). The summed E-state index contributed by atoms with van der Waals surface area (Å²) in [4.78, 5) is 11.6. The lowest BCUT2D eigenvalue weighted by molar-refractivity contribution is 0.0953. The van der Waals surface area contributed by atoms with Crippen LogP contribution in [0.1, 0.15) is 23.2 Å². The van der Waals surface area contributed by atoms with Crippen molar-refractivity contribution < 1.29 is 21.4 Å². The molecule has 0 spiro atoms. The summed E-state index contributed by atoms with van der Waals surface area (Å²) in [5.41, 5.74) is 0.603. The molecule has 6 nitrogen and oxygen atoms in total. The van der Waals surface area contributed by atoms with Crippen molar-refractivity contribution in [2.24, 2.45) is 0 Å². The lowest BCUT2D eigenvalue weighted by Gasteiger charge is -2.04. The van der Waals surface area contributed by atoms with Crippen LogP contribution in [0, 0.1) is 0 Å². The number of hydrogen-bond donors (Lipinski definition) is 2. The Morgan fingerprint density at radius 1 is 1.26 bits per heavy atom. The molecule has 1 aromatic rings. The molecule has 1 amide bonds. The maximum Gasteiger partial charge on any atom is 0.408 e. The average Bonchev–Trinajstić information content (AvgIpc) is 2.37.